The Bertz CT molecular complexity index is 452. The predicted molar refractivity (Wildman–Crippen MR) is 138 cm³/mol. The monoisotopic (exact) mass is 428 g/mol. The second kappa shape index (κ2) is 14.8. The highest BCUT2D eigenvalue weighted by molar-refractivity contribution is 4.97. The first-order chi connectivity index (χ1) is 15.3. The number of rotatable bonds is 12. The van der Waals surface area contributed by atoms with Crippen LogP contribution in [0, 0.1) is 35.5 Å². The molecule has 0 atom stereocenters. The molecule has 0 amide bonds. The molecule has 3 aliphatic carbocycles. The summed E-state index contributed by atoms with van der Waals surface area (Å²) in [6, 6.07) is 0. The Morgan fingerprint density at radius 3 is 1.42 bits per heavy atom. The van der Waals surface area contributed by atoms with Crippen molar-refractivity contribution in [3.05, 3.63) is 12.2 Å². The summed E-state index contributed by atoms with van der Waals surface area (Å²) in [5.74, 6) is 6.11. The molecule has 31 heavy (non-hydrogen) atoms. The number of hydrogen-bond donors (Lipinski definition) is 0. The van der Waals surface area contributed by atoms with E-state index in [9.17, 15) is 0 Å². The SMILES string of the molecule is CCCCCCCC1CCC(/C=C/C2CCC(C3CCC(CCCC)CC3)CC2)CC1. The number of hydrogen-bond acceptors (Lipinski definition) is 0. The average Bonchev–Trinajstić information content (AvgIpc) is 2.83. The molecule has 0 aromatic carbocycles. The summed E-state index contributed by atoms with van der Waals surface area (Å²) in [4.78, 5) is 0. The summed E-state index contributed by atoms with van der Waals surface area (Å²) in [5, 5.41) is 0. The van der Waals surface area contributed by atoms with Gasteiger partial charge in [0.05, 0.1) is 0 Å². The van der Waals surface area contributed by atoms with E-state index in [1.165, 1.54) is 109 Å². The smallest absolute Gasteiger partial charge is 0.0233 e. The van der Waals surface area contributed by atoms with E-state index in [0.717, 1.165) is 35.5 Å². The van der Waals surface area contributed by atoms with Crippen LogP contribution in [0.25, 0.3) is 0 Å². The lowest BCUT2D eigenvalue weighted by Crippen LogP contribution is -2.25. The van der Waals surface area contributed by atoms with Crippen molar-refractivity contribution in [2.24, 2.45) is 35.5 Å². The van der Waals surface area contributed by atoms with Crippen LogP contribution >= 0.6 is 0 Å². The van der Waals surface area contributed by atoms with Gasteiger partial charge in [-0.15, -0.1) is 0 Å². The Labute approximate surface area is 196 Å². The standard InChI is InChI=1S/C31H56/c1-3-5-7-8-9-11-27-12-14-28(15-13-27)16-17-29-20-24-31(25-21-29)30-22-18-26(19-23-30)10-6-4-2/h16-17,26-31H,3-15,18-25H2,1-2H3/b17-16+. The first-order valence-corrected chi connectivity index (χ1v) is 15.0. The minimum atomic E-state index is 0.910. The van der Waals surface area contributed by atoms with Gasteiger partial charge in [0.15, 0.2) is 0 Å². The topological polar surface area (TPSA) is 0 Å². The Hall–Kier alpha value is -0.260. The van der Waals surface area contributed by atoms with Gasteiger partial charge in [-0.3, -0.25) is 0 Å². The normalized spacial score (nSPS) is 34.9. The van der Waals surface area contributed by atoms with Crippen LogP contribution < -0.4 is 0 Å². The van der Waals surface area contributed by atoms with E-state index < -0.39 is 0 Å². The molecular weight excluding hydrogens is 372 g/mol. The fraction of sp³-hybridized carbons (Fsp3) is 0.935. The third-order valence-corrected chi connectivity index (χ3v) is 9.60. The van der Waals surface area contributed by atoms with E-state index in [-0.39, 0.29) is 0 Å². The Morgan fingerprint density at radius 2 is 0.871 bits per heavy atom. The minimum Gasteiger partial charge on any atom is -0.0851 e. The molecule has 0 N–H and O–H groups in total. The third-order valence-electron chi connectivity index (χ3n) is 9.60. The fourth-order valence-corrected chi connectivity index (χ4v) is 7.27. The Kier molecular flexibility index (Phi) is 12.1. The number of allylic oxidation sites excluding steroid dienone is 2. The molecule has 0 nitrogen and oxygen atoms in total. The van der Waals surface area contributed by atoms with Gasteiger partial charge >= 0.3 is 0 Å². The van der Waals surface area contributed by atoms with Crippen molar-refractivity contribution in [3.63, 3.8) is 0 Å². The van der Waals surface area contributed by atoms with Crippen molar-refractivity contribution < 1.29 is 0 Å². The van der Waals surface area contributed by atoms with Gasteiger partial charge in [-0.1, -0.05) is 96.6 Å². The van der Waals surface area contributed by atoms with E-state index >= 15 is 0 Å². The van der Waals surface area contributed by atoms with Crippen molar-refractivity contribution >= 4 is 0 Å². The number of unbranched alkanes of at least 4 members (excludes halogenated alkanes) is 5. The summed E-state index contributed by atoms with van der Waals surface area (Å²) in [5.41, 5.74) is 0. The maximum absolute atomic E-state index is 2.67. The van der Waals surface area contributed by atoms with Crippen molar-refractivity contribution in [1.82, 2.24) is 0 Å². The van der Waals surface area contributed by atoms with E-state index in [1.54, 1.807) is 25.7 Å². The van der Waals surface area contributed by atoms with Gasteiger partial charge in [-0.25, -0.2) is 0 Å². The molecule has 0 bridgehead atoms. The van der Waals surface area contributed by atoms with Crippen LogP contribution in [-0.4, -0.2) is 0 Å². The Morgan fingerprint density at radius 1 is 0.452 bits per heavy atom. The second-order valence-electron chi connectivity index (χ2n) is 12.0. The van der Waals surface area contributed by atoms with Gasteiger partial charge in [-0.05, 0) is 99.7 Å². The highest BCUT2D eigenvalue weighted by Crippen LogP contribution is 2.43. The average molecular weight is 429 g/mol. The van der Waals surface area contributed by atoms with Crippen LogP contribution in [0.5, 0.6) is 0 Å². The molecule has 0 radical (unpaired) electrons. The van der Waals surface area contributed by atoms with Crippen molar-refractivity contribution in [1.29, 1.82) is 0 Å². The maximum atomic E-state index is 2.67. The fourth-order valence-electron chi connectivity index (χ4n) is 7.27. The van der Waals surface area contributed by atoms with Gasteiger partial charge in [0.25, 0.3) is 0 Å². The van der Waals surface area contributed by atoms with Crippen molar-refractivity contribution in [3.8, 4) is 0 Å². The van der Waals surface area contributed by atoms with E-state index in [2.05, 4.69) is 26.0 Å². The summed E-state index contributed by atoms with van der Waals surface area (Å²) < 4.78 is 0. The third kappa shape index (κ3) is 9.25. The molecule has 0 heteroatoms. The lowest BCUT2D eigenvalue weighted by Gasteiger charge is -2.37. The summed E-state index contributed by atoms with van der Waals surface area (Å²) in [6.07, 6.45) is 36.7. The molecule has 0 aliphatic heterocycles. The van der Waals surface area contributed by atoms with Gasteiger partial charge in [0, 0.05) is 0 Å². The highest BCUT2D eigenvalue weighted by atomic mass is 14.4. The lowest BCUT2D eigenvalue weighted by atomic mass is 9.68. The molecule has 0 saturated heterocycles. The zero-order valence-corrected chi connectivity index (χ0v) is 21.5. The quantitative estimate of drug-likeness (QED) is 0.214. The lowest BCUT2D eigenvalue weighted by molar-refractivity contribution is 0.151. The molecule has 0 heterocycles. The molecule has 0 aromatic rings. The molecule has 0 spiro atoms. The van der Waals surface area contributed by atoms with Crippen LogP contribution in [0.4, 0.5) is 0 Å². The van der Waals surface area contributed by atoms with Crippen LogP contribution in [0.2, 0.25) is 0 Å². The van der Waals surface area contributed by atoms with Gasteiger partial charge in [-0.2, -0.15) is 0 Å². The zero-order chi connectivity index (χ0) is 21.7. The van der Waals surface area contributed by atoms with Crippen LogP contribution in [0.15, 0.2) is 12.2 Å². The summed E-state index contributed by atoms with van der Waals surface area (Å²) in [6.45, 7) is 4.67. The Balaban J connectivity index is 1.25. The van der Waals surface area contributed by atoms with Gasteiger partial charge in [0.2, 0.25) is 0 Å². The molecule has 3 saturated carbocycles. The van der Waals surface area contributed by atoms with E-state index in [0.29, 0.717) is 0 Å². The van der Waals surface area contributed by atoms with E-state index in [4.69, 9.17) is 0 Å². The van der Waals surface area contributed by atoms with Crippen LogP contribution in [0.1, 0.15) is 149 Å². The van der Waals surface area contributed by atoms with Gasteiger partial charge in [0.1, 0.15) is 0 Å². The molecule has 3 fully saturated rings. The predicted octanol–water partition coefficient (Wildman–Crippen LogP) is 10.5. The van der Waals surface area contributed by atoms with E-state index in [1.807, 2.05) is 0 Å². The van der Waals surface area contributed by atoms with Gasteiger partial charge < -0.3 is 0 Å². The highest BCUT2D eigenvalue weighted by Gasteiger charge is 2.30. The minimum absolute atomic E-state index is 0.910. The first kappa shape index (κ1) is 25.4. The molecule has 3 aliphatic rings. The van der Waals surface area contributed by atoms with Crippen molar-refractivity contribution in [2.45, 2.75) is 149 Å². The molecule has 0 unspecified atom stereocenters. The zero-order valence-electron chi connectivity index (χ0n) is 21.5. The maximum Gasteiger partial charge on any atom is -0.0233 e. The summed E-state index contributed by atoms with van der Waals surface area (Å²) in [7, 11) is 0. The molecule has 0 aromatic heterocycles. The molecule has 180 valence electrons. The molecular formula is C31H56. The first-order valence-electron chi connectivity index (χ1n) is 15.0. The molecule has 3 rings (SSSR count). The largest absolute Gasteiger partial charge is 0.0851 e. The van der Waals surface area contributed by atoms with Crippen LogP contribution in [-0.2, 0) is 0 Å². The van der Waals surface area contributed by atoms with Crippen molar-refractivity contribution in [2.75, 3.05) is 0 Å². The second-order valence-corrected chi connectivity index (χ2v) is 12.0. The van der Waals surface area contributed by atoms with Crippen LogP contribution in [0.3, 0.4) is 0 Å². The summed E-state index contributed by atoms with van der Waals surface area (Å²) >= 11 is 0.